The number of carbonyl (C=O) groups excluding carboxylic acids is 1. The summed E-state index contributed by atoms with van der Waals surface area (Å²) in [5.74, 6) is -0.0818. The molecule has 1 amide bonds. The van der Waals surface area contributed by atoms with Gasteiger partial charge in [-0.1, -0.05) is 6.58 Å². The van der Waals surface area contributed by atoms with E-state index in [4.69, 9.17) is 0 Å². The van der Waals surface area contributed by atoms with E-state index in [9.17, 15) is 4.79 Å². The Bertz CT molecular complexity index is 71.2. The Morgan fingerprint density at radius 3 is 2.50 bits per heavy atom. The van der Waals surface area contributed by atoms with Crippen molar-refractivity contribution in [2.75, 3.05) is 0 Å². The predicted molar refractivity (Wildman–Crippen MR) is 28.3 cm³/mol. The summed E-state index contributed by atoms with van der Waals surface area (Å²) in [6.07, 6.45) is 1.26. The van der Waals surface area contributed by atoms with Crippen molar-refractivity contribution in [3.05, 3.63) is 12.7 Å². The molecule has 0 aliphatic carbocycles. The SMILES string of the molecule is C=CC(=O)N[SiH3]. The molecule has 0 heterocycles. The van der Waals surface area contributed by atoms with E-state index < -0.39 is 0 Å². The maximum atomic E-state index is 9.99. The van der Waals surface area contributed by atoms with Gasteiger partial charge in [-0.3, -0.25) is 4.79 Å². The topological polar surface area (TPSA) is 29.1 Å². The number of nitrogens with one attached hydrogen (secondary N) is 1. The minimum atomic E-state index is -0.0818. The molecule has 0 unspecified atom stereocenters. The third-order valence-electron chi connectivity index (χ3n) is 0.432. The quantitative estimate of drug-likeness (QED) is 0.318. The Kier molecular flexibility index (Phi) is 2.40. The van der Waals surface area contributed by atoms with Gasteiger partial charge >= 0.3 is 0 Å². The van der Waals surface area contributed by atoms with Crippen molar-refractivity contribution in [3.63, 3.8) is 0 Å². The zero-order chi connectivity index (χ0) is 4.99. The molecule has 0 radical (unpaired) electrons. The normalized spacial score (nSPS) is 7.33. The van der Waals surface area contributed by atoms with Crippen LogP contribution in [0.1, 0.15) is 0 Å². The van der Waals surface area contributed by atoms with Gasteiger partial charge in [-0.2, -0.15) is 0 Å². The lowest BCUT2D eigenvalue weighted by molar-refractivity contribution is -0.114. The fourth-order valence-corrected chi connectivity index (χ4v) is 0.306. The molecule has 34 valence electrons. The van der Waals surface area contributed by atoms with Crippen LogP contribution in [-0.4, -0.2) is 16.3 Å². The molecular formula is C3H7NOSi. The number of amides is 1. The summed E-state index contributed by atoms with van der Waals surface area (Å²) < 4.78 is 0. The van der Waals surface area contributed by atoms with E-state index in [1.165, 1.54) is 6.08 Å². The maximum Gasteiger partial charge on any atom is 0.234 e. The van der Waals surface area contributed by atoms with E-state index in [2.05, 4.69) is 11.6 Å². The van der Waals surface area contributed by atoms with Crippen LogP contribution in [0.2, 0.25) is 0 Å². The van der Waals surface area contributed by atoms with Crippen molar-refractivity contribution < 1.29 is 4.79 Å². The molecule has 0 aromatic rings. The van der Waals surface area contributed by atoms with Crippen LogP contribution in [0.4, 0.5) is 0 Å². The molecule has 0 aliphatic rings. The Labute approximate surface area is 39.7 Å². The van der Waals surface area contributed by atoms with Crippen LogP contribution in [-0.2, 0) is 4.79 Å². The smallest absolute Gasteiger partial charge is 0.234 e. The molecular weight excluding hydrogens is 94.1 g/mol. The predicted octanol–water partition coefficient (Wildman–Crippen LogP) is -1.43. The molecule has 0 atom stereocenters. The lowest BCUT2D eigenvalue weighted by Gasteiger charge is -1.82. The van der Waals surface area contributed by atoms with Gasteiger partial charge in [0, 0.05) is 0 Å². The molecule has 0 saturated carbocycles. The number of rotatable bonds is 1. The largest absolute Gasteiger partial charge is 0.387 e. The third kappa shape index (κ3) is 1.72. The van der Waals surface area contributed by atoms with Gasteiger partial charge in [0.15, 0.2) is 0 Å². The van der Waals surface area contributed by atoms with Crippen molar-refractivity contribution in [1.82, 2.24) is 4.98 Å². The molecule has 0 spiro atoms. The van der Waals surface area contributed by atoms with Gasteiger partial charge in [-0.15, -0.1) is 0 Å². The van der Waals surface area contributed by atoms with Crippen LogP contribution in [0.25, 0.3) is 0 Å². The summed E-state index contributed by atoms with van der Waals surface area (Å²) in [5, 5.41) is 0. The summed E-state index contributed by atoms with van der Waals surface area (Å²) in [6.45, 7) is 3.24. The van der Waals surface area contributed by atoms with Crippen molar-refractivity contribution in [3.8, 4) is 0 Å². The van der Waals surface area contributed by atoms with Crippen molar-refractivity contribution in [2.45, 2.75) is 0 Å². The highest BCUT2D eigenvalue weighted by Crippen LogP contribution is 1.55. The summed E-state index contributed by atoms with van der Waals surface area (Å²) in [6, 6.07) is 0. The summed E-state index contributed by atoms with van der Waals surface area (Å²) >= 11 is 0. The highest BCUT2D eigenvalue weighted by Gasteiger charge is 1.78. The monoisotopic (exact) mass is 101 g/mol. The number of carbonyl (C=O) groups is 1. The zero-order valence-corrected chi connectivity index (χ0v) is 5.69. The van der Waals surface area contributed by atoms with E-state index in [1.807, 2.05) is 0 Å². The number of hydrogen-bond acceptors (Lipinski definition) is 1. The second-order valence-electron chi connectivity index (χ2n) is 0.818. The molecule has 0 aromatic heterocycles. The first-order valence-corrected chi connectivity index (χ1v) is 2.65. The Morgan fingerprint density at radius 2 is 2.50 bits per heavy atom. The lowest BCUT2D eigenvalue weighted by Crippen LogP contribution is -2.15. The van der Waals surface area contributed by atoms with E-state index in [0.29, 0.717) is 10.4 Å². The van der Waals surface area contributed by atoms with Gasteiger partial charge in [0.1, 0.15) is 10.4 Å². The van der Waals surface area contributed by atoms with Crippen LogP contribution in [0, 0.1) is 0 Å². The van der Waals surface area contributed by atoms with Crippen LogP contribution < -0.4 is 4.98 Å². The van der Waals surface area contributed by atoms with Crippen LogP contribution >= 0.6 is 0 Å². The third-order valence-corrected chi connectivity index (χ3v) is 0.925. The first-order valence-electron chi connectivity index (χ1n) is 1.65. The van der Waals surface area contributed by atoms with E-state index in [0.717, 1.165) is 0 Å². The zero-order valence-electron chi connectivity index (χ0n) is 3.69. The second kappa shape index (κ2) is 2.65. The molecule has 6 heavy (non-hydrogen) atoms. The van der Waals surface area contributed by atoms with Gasteiger partial charge in [0.05, 0.1) is 0 Å². The average molecular weight is 101 g/mol. The van der Waals surface area contributed by atoms with Crippen LogP contribution in [0.15, 0.2) is 12.7 Å². The molecule has 0 saturated heterocycles. The van der Waals surface area contributed by atoms with Gasteiger partial charge in [-0.25, -0.2) is 0 Å². The fraction of sp³-hybridized carbons (Fsp3) is 0. The number of hydrogen-bond donors (Lipinski definition) is 1. The molecule has 2 nitrogen and oxygen atoms in total. The van der Waals surface area contributed by atoms with Crippen LogP contribution in [0.5, 0.6) is 0 Å². The first kappa shape index (κ1) is 5.43. The minimum absolute atomic E-state index is 0.0818. The van der Waals surface area contributed by atoms with Gasteiger partial charge in [0.2, 0.25) is 5.91 Å². The average Bonchev–Trinajstić information content (AvgIpc) is 1.65. The molecule has 1 N–H and O–H groups in total. The van der Waals surface area contributed by atoms with E-state index >= 15 is 0 Å². The Balaban J connectivity index is 3.23. The van der Waals surface area contributed by atoms with E-state index in [1.54, 1.807) is 0 Å². The summed E-state index contributed by atoms with van der Waals surface area (Å²) in [7, 11) is 0.712. The summed E-state index contributed by atoms with van der Waals surface area (Å²) in [4.78, 5) is 12.5. The Hall–Kier alpha value is -0.573. The molecule has 3 heteroatoms. The lowest BCUT2D eigenvalue weighted by atomic mass is 10.6. The highest BCUT2D eigenvalue weighted by atomic mass is 28.2. The molecule has 0 fully saturated rings. The second-order valence-corrected chi connectivity index (χ2v) is 1.32. The highest BCUT2D eigenvalue weighted by molar-refractivity contribution is 6.16. The molecule has 0 bridgehead atoms. The van der Waals surface area contributed by atoms with Crippen molar-refractivity contribution in [2.24, 2.45) is 0 Å². The van der Waals surface area contributed by atoms with Crippen molar-refractivity contribution in [1.29, 1.82) is 0 Å². The first-order chi connectivity index (χ1) is 2.81. The summed E-state index contributed by atoms with van der Waals surface area (Å²) in [5.41, 5.74) is 0. The standard InChI is InChI=1S/C3H7NOSi/c1-2-3(5)4-6/h2H,1H2,6H3,(H,4,5). The van der Waals surface area contributed by atoms with Gasteiger partial charge in [-0.05, 0) is 6.08 Å². The van der Waals surface area contributed by atoms with Crippen LogP contribution in [0.3, 0.4) is 0 Å². The minimum Gasteiger partial charge on any atom is -0.387 e. The van der Waals surface area contributed by atoms with Gasteiger partial charge < -0.3 is 4.98 Å². The van der Waals surface area contributed by atoms with Gasteiger partial charge in [0.25, 0.3) is 0 Å². The molecule has 0 rings (SSSR count). The van der Waals surface area contributed by atoms with Crippen molar-refractivity contribution >= 4 is 16.3 Å². The molecule has 0 aliphatic heterocycles. The maximum absolute atomic E-state index is 9.99. The fourth-order valence-electron chi connectivity index (χ4n) is 0.102. The van der Waals surface area contributed by atoms with E-state index in [-0.39, 0.29) is 5.91 Å². The molecule has 0 aromatic carbocycles. The Morgan fingerprint density at radius 1 is 2.00 bits per heavy atom.